The summed E-state index contributed by atoms with van der Waals surface area (Å²) in [6, 6.07) is 40.1. The molecule has 5 heterocycles. The van der Waals surface area contributed by atoms with E-state index in [0.29, 0.717) is 56.3 Å². The van der Waals surface area contributed by atoms with Crippen molar-refractivity contribution in [3.8, 4) is 0 Å². The summed E-state index contributed by atoms with van der Waals surface area (Å²) in [6.07, 6.45) is 8.93. The lowest BCUT2D eigenvalue weighted by Crippen LogP contribution is -2.48. The van der Waals surface area contributed by atoms with Crippen molar-refractivity contribution in [1.82, 2.24) is 35.6 Å². The molecule has 5 aromatic rings. The molecule has 80 heavy (non-hydrogen) atoms. The number of hydrogen-bond acceptors (Lipinski definition) is 10. The van der Waals surface area contributed by atoms with Crippen LogP contribution in [0, 0.1) is 0 Å². The molecule has 19 heteroatoms. The maximum absolute atomic E-state index is 12.9. The molecule has 0 saturated carbocycles. The number of likely N-dealkylation sites (N-methyl/N-ethyl adjacent to an activating group) is 2. The van der Waals surface area contributed by atoms with E-state index in [4.69, 9.17) is 10.8 Å². The highest BCUT2D eigenvalue weighted by molar-refractivity contribution is 6.08. The van der Waals surface area contributed by atoms with E-state index in [0.717, 1.165) is 71.9 Å². The minimum atomic E-state index is -0.957. The quantitative estimate of drug-likeness (QED) is 0.0718. The first-order chi connectivity index (χ1) is 38.4. The summed E-state index contributed by atoms with van der Waals surface area (Å²) in [5.41, 5.74) is 12.7. The largest absolute Gasteiger partial charge is 0.480 e. The Labute approximate surface area is 464 Å². The number of carbonyl (C=O) groups is 9. The number of nitrogens with two attached hydrogens (primary N) is 1. The Hall–Kier alpha value is -8.87. The fourth-order valence-corrected chi connectivity index (χ4v) is 12.0. The maximum atomic E-state index is 12.9. The summed E-state index contributed by atoms with van der Waals surface area (Å²) in [5, 5.41) is 19.5. The highest BCUT2D eigenvalue weighted by atomic mass is 16.4. The molecule has 12 rings (SSSR count). The smallest absolute Gasteiger partial charge is 0.324 e. The molecule has 0 bridgehead atoms. The highest BCUT2D eigenvalue weighted by Crippen LogP contribution is 2.40. The van der Waals surface area contributed by atoms with E-state index in [1.807, 2.05) is 109 Å². The molecule has 7 aliphatic rings. The highest BCUT2D eigenvalue weighted by Gasteiger charge is 2.55. The third-order valence-electron chi connectivity index (χ3n) is 16.4. The molecular weight excluding hydrogens is 1020 g/mol. The lowest BCUT2D eigenvalue weighted by molar-refractivity contribution is -0.148. The van der Waals surface area contributed by atoms with Crippen molar-refractivity contribution in [3.63, 3.8) is 0 Å². The molecule has 5 aromatic carbocycles. The summed E-state index contributed by atoms with van der Waals surface area (Å²) in [6.45, 7) is -0.225. The number of hydrogen-bond donors (Lipinski definition) is 6. The number of carboxylic acid groups (broad SMARTS) is 1. The number of carboxylic acids is 1. The molecule has 0 radical (unpaired) electrons. The van der Waals surface area contributed by atoms with Gasteiger partial charge in [0, 0.05) is 70.4 Å². The van der Waals surface area contributed by atoms with Gasteiger partial charge in [-0.2, -0.15) is 0 Å². The van der Waals surface area contributed by atoms with E-state index in [1.54, 1.807) is 25.1 Å². The predicted octanol–water partition coefficient (Wildman–Crippen LogP) is 6.54. The normalized spacial score (nSPS) is 23.6. The summed E-state index contributed by atoms with van der Waals surface area (Å²) in [4.78, 5) is 113. The van der Waals surface area contributed by atoms with Crippen molar-refractivity contribution >= 4 is 64.8 Å². The second-order valence-corrected chi connectivity index (χ2v) is 21.5. The Morgan fingerprint density at radius 2 is 1.01 bits per heavy atom. The number of benzene rings is 5. The molecule has 5 fully saturated rings. The second kappa shape index (κ2) is 24.0. The molecule has 10 amide bonds. The van der Waals surface area contributed by atoms with Gasteiger partial charge in [0.05, 0.1) is 18.1 Å². The monoisotopic (exact) mass is 1090 g/mol. The van der Waals surface area contributed by atoms with Crippen LogP contribution in [0.4, 0.5) is 21.0 Å². The molecule has 416 valence electrons. The third kappa shape index (κ3) is 12.1. The van der Waals surface area contributed by atoms with Crippen LogP contribution >= 0.6 is 0 Å². The van der Waals surface area contributed by atoms with Crippen LogP contribution in [0.25, 0.3) is 0 Å². The average Bonchev–Trinajstić information content (AvgIpc) is 4.38. The molecule has 5 atom stereocenters. The van der Waals surface area contributed by atoms with Gasteiger partial charge < -0.3 is 41.1 Å². The summed E-state index contributed by atoms with van der Waals surface area (Å²) < 4.78 is 0. The molecular formula is C61H67N9O10. The van der Waals surface area contributed by atoms with Gasteiger partial charge in [-0.3, -0.25) is 44.2 Å². The van der Waals surface area contributed by atoms with Gasteiger partial charge in [0.25, 0.3) is 11.8 Å². The molecule has 2 spiro atoms. The number of anilines is 2. The number of urea groups is 2. The van der Waals surface area contributed by atoms with Crippen LogP contribution < -0.4 is 27.0 Å². The van der Waals surface area contributed by atoms with Crippen LogP contribution in [0.1, 0.15) is 115 Å². The number of piperidine rings is 3. The van der Waals surface area contributed by atoms with E-state index < -0.39 is 17.0 Å². The summed E-state index contributed by atoms with van der Waals surface area (Å²) in [7, 11) is 3.29. The van der Waals surface area contributed by atoms with Gasteiger partial charge in [0.2, 0.25) is 23.6 Å². The van der Waals surface area contributed by atoms with E-state index in [1.165, 1.54) is 20.3 Å². The first-order valence-corrected chi connectivity index (χ1v) is 27.2. The topological polar surface area (TPSA) is 261 Å². The lowest BCUT2D eigenvalue weighted by Gasteiger charge is -2.35. The molecule has 7 N–H and O–H groups in total. The Kier molecular flexibility index (Phi) is 16.8. The van der Waals surface area contributed by atoms with Crippen molar-refractivity contribution in [2.24, 2.45) is 0 Å². The van der Waals surface area contributed by atoms with E-state index in [-0.39, 0.29) is 78.7 Å². The second-order valence-electron chi connectivity index (χ2n) is 21.5. The van der Waals surface area contributed by atoms with Crippen molar-refractivity contribution in [1.29, 1.82) is 0 Å². The average molecular weight is 1090 g/mol. The van der Waals surface area contributed by atoms with Crippen LogP contribution in [-0.4, -0.2) is 116 Å². The SMILES string of the molecule is CN1C(=O)NC(=O)[C@@]12Cc1ccc(N)cc1C2.CN1C(=O)NC(=O)[C@@]12Cc1ccc(NC(=O)CN3C(=O)CCCC3c3ccccc3)cc1C2.O=C(O)CN1C(=O)CCCC1c1ccccc1.O=C1CCCC(c2ccccc2)N1. The minimum absolute atomic E-state index is 0.0129. The molecule has 5 saturated heterocycles. The summed E-state index contributed by atoms with van der Waals surface area (Å²) >= 11 is 0. The van der Waals surface area contributed by atoms with Crippen molar-refractivity contribution in [2.45, 2.75) is 113 Å². The van der Waals surface area contributed by atoms with Crippen molar-refractivity contribution < 1.29 is 48.3 Å². The van der Waals surface area contributed by atoms with Crippen LogP contribution in [0.2, 0.25) is 0 Å². The Bertz CT molecular complexity index is 3200. The van der Waals surface area contributed by atoms with Crippen LogP contribution in [-0.2, 0) is 59.2 Å². The molecule has 19 nitrogen and oxygen atoms in total. The Balaban J connectivity index is 0.000000139. The van der Waals surface area contributed by atoms with Crippen LogP contribution in [0.3, 0.4) is 0 Å². The first-order valence-electron chi connectivity index (χ1n) is 27.2. The number of rotatable bonds is 8. The Morgan fingerprint density at radius 1 is 0.562 bits per heavy atom. The first kappa shape index (κ1) is 55.9. The number of nitrogens with one attached hydrogen (secondary N) is 4. The number of aliphatic carboxylic acids is 1. The summed E-state index contributed by atoms with van der Waals surface area (Å²) in [5.74, 6) is -1.60. The Morgan fingerprint density at radius 3 is 1.49 bits per heavy atom. The number of amides is 10. The van der Waals surface area contributed by atoms with E-state index >= 15 is 0 Å². The van der Waals surface area contributed by atoms with Crippen LogP contribution in [0.15, 0.2) is 127 Å². The zero-order chi connectivity index (χ0) is 56.7. The predicted molar refractivity (Wildman–Crippen MR) is 297 cm³/mol. The number of likely N-dealkylation sites (tertiary alicyclic amines) is 2. The number of nitrogen functional groups attached to an aromatic ring is 1. The minimum Gasteiger partial charge on any atom is -0.480 e. The van der Waals surface area contributed by atoms with Crippen molar-refractivity contribution in [2.75, 3.05) is 38.2 Å². The van der Waals surface area contributed by atoms with Gasteiger partial charge in [0.1, 0.15) is 24.2 Å². The molecule has 0 aromatic heterocycles. The number of fused-ring (bicyclic) bond motifs is 2. The zero-order valence-electron chi connectivity index (χ0n) is 45.0. The molecule has 3 unspecified atom stereocenters. The number of imide groups is 2. The fourth-order valence-electron chi connectivity index (χ4n) is 12.0. The van der Waals surface area contributed by atoms with Gasteiger partial charge in [-0.15, -0.1) is 0 Å². The van der Waals surface area contributed by atoms with Gasteiger partial charge in [-0.05, 0) is 102 Å². The van der Waals surface area contributed by atoms with Crippen LogP contribution in [0.5, 0.6) is 0 Å². The zero-order valence-corrected chi connectivity index (χ0v) is 45.0. The number of carbonyl (C=O) groups excluding carboxylic acids is 8. The standard InChI is InChI=1S/C25H26N4O4.C13H15NO3.C12H13N3O2.C11H13NO/c1-28-24(33)27-23(32)25(28)13-17-10-11-19(12-18(17)14-25)26-21(30)15-29-20(8-5-9-22(29)31)16-6-3-2-4-7-16;15-12-8-4-7-11(14(12)9-13(16)17)10-5-2-1-3-6-10;1-15-11(17)14-10(16)12(15)5-7-2-3-9(13)4-8(7)6-12;13-11-8-4-7-10(12-11)9-5-2-1-3-6-9/h2-4,6-7,10-12,20H,5,8-9,13-15H2,1H3,(H,26,30)(H,27,32,33);1-3,5-6,11H,4,7-9H2,(H,16,17);2-4H,5-6,13H2,1H3,(H,14,16,17);1-3,5-6,10H,4,7-8H2,(H,12,13)/t20?,25-;;12-;/m0.0./s1. The van der Waals surface area contributed by atoms with Gasteiger partial charge in [0.15, 0.2) is 0 Å². The molecule has 2 aliphatic carbocycles. The lowest BCUT2D eigenvalue weighted by atomic mass is 9.95. The molecule has 5 aliphatic heterocycles. The van der Waals surface area contributed by atoms with Gasteiger partial charge in [-0.1, -0.05) is 103 Å². The van der Waals surface area contributed by atoms with Crippen molar-refractivity contribution in [3.05, 3.63) is 166 Å². The fraction of sp³-hybridized carbons (Fsp3) is 0.361. The van der Waals surface area contributed by atoms with E-state index in [9.17, 15) is 43.2 Å². The number of nitrogens with zero attached hydrogens (tertiary/aromatic N) is 4. The van der Waals surface area contributed by atoms with Gasteiger partial charge in [-0.25, -0.2) is 9.59 Å². The third-order valence-corrected chi connectivity index (χ3v) is 16.4. The van der Waals surface area contributed by atoms with E-state index in [2.05, 4.69) is 33.4 Å². The maximum Gasteiger partial charge on any atom is 0.324 e. The van der Waals surface area contributed by atoms with Gasteiger partial charge >= 0.3 is 18.0 Å².